The van der Waals surface area contributed by atoms with Gasteiger partial charge in [-0.15, -0.1) is 0 Å². The molecule has 0 fully saturated rings. The number of hydrogen-bond donors (Lipinski definition) is 2. The van der Waals surface area contributed by atoms with Gasteiger partial charge in [0.2, 0.25) is 12.2 Å². The molecule has 0 unspecified atom stereocenters. The Labute approximate surface area is 119 Å². The minimum atomic E-state index is -1.96. The van der Waals surface area contributed by atoms with Crippen molar-refractivity contribution in [1.82, 2.24) is 0 Å². The Kier molecular flexibility index (Phi) is 5.67. The zero-order chi connectivity index (χ0) is 16.0. The first-order valence-corrected chi connectivity index (χ1v) is 5.74. The Morgan fingerprint density at radius 2 is 1.48 bits per heavy atom. The van der Waals surface area contributed by atoms with E-state index in [0.717, 1.165) is 7.11 Å². The van der Waals surface area contributed by atoms with Crippen LogP contribution in [-0.4, -0.2) is 54.5 Å². The molecule has 0 amide bonds. The number of carboxylic acids is 2. The van der Waals surface area contributed by atoms with Crippen LogP contribution in [0, 0.1) is 0 Å². The molecule has 114 valence electrons. The molecule has 0 bridgehead atoms. The third-order valence-corrected chi connectivity index (χ3v) is 2.58. The molecule has 0 spiro atoms. The molecule has 0 aromatic heterocycles. The summed E-state index contributed by atoms with van der Waals surface area (Å²) in [5.41, 5.74) is 0.0577. The highest BCUT2D eigenvalue weighted by molar-refractivity contribution is 5.93. The van der Waals surface area contributed by atoms with E-state index in [4.69, 9.17) is 19.7 Å². The van der Waals surface area contributed by atoms with Crippen LogP contribution in [0.5, 0.6) is 5.75 Å². The molecule has 0 heterocycles. The number of hydrogen-bond acceptors (Lipinski definition) is 6. The van der Waals surface area contributed by atoms with E-state index < -0.39 is 30.1 Å². The summed E-state index contributed by atoms with van der Waals surface area (Å²) in [7, 11) is 2.46. The fourth-order valence-electron chi connectivity index (χ4n) is 1.51. The van der Waals surface area contributed by atoms with Gasteiger partial charge in [0.25, 0.3) is 0 Å². The maximum Gasteiger partial charge on any atom is 0.348 e. The molecule has 21 heavy (non-hydrogen) atoms. The third kappa shape index (κ3) is 4.18. The van der Waals surface area contributed by atoms with Crippen molar-refractivity contribution in [2.75, 3.05) is 14.2 Å². The molecule has 2 N–H and O–H groups in total. The van der Waals surface area contributed by atoms with Crippen LogP contribution in [0.4, 0.5) is 0 Å². The molecule has 1 rings (SSSR count). The molecule has 2 atom stereocenters. The summed E-state index contributed by atoms with van der Waals surface area (Å²) in [6.07, 6.45) is -3.76. The molecule has 8 heteroatoms. The van der Waals surface area contributed by atoms with Gasteiger partial charge in [-0.25, -0.2) is 14.4 Å². The van der Waals surface area contributed by atoms with Gasteiger partial charge in [-0.1, -0.05) is 0 Å². The lowest BCUT2D eigenvalue weighted by Gasteiger charge is -2.19. The number of carbonyl (C=O) groups excluding carboxylic acids is 1. The maximum absolute atomic E-state index is 11.8. The largest absolute Gasteiger partial charge is 0.497 e. The van der Waals surface area contributed by atoms with Crippen molar-refractivity contribution in [2.45, 2.75) is 12.2 Å². The highest BCUT2D eigenvalue weighted by Gasteiger charge is 2.37. The predicted molar refractivity (Wildman–Crippen MR) is 68.3 cm³/mol. The van der Waals surface area contributed by atoms with Crippen LogP contribution in [0.1, 0.15) is 10.4 Å². The number of aliphatic carboxylic acids is 2. The van der Waals surface area contributed by atoms with Gasteiger partial charge in [0.1, 0.15) is 5.75 Å². The highest BCUT2D eigenvalue weighted by Crippen LogP contribution is 2.14. The monoisotopic (exact) mass is 298 g/mol. The van der Waals surface area contributed by atoms with Crippen molar-refractivity contribution < 1.29 is 38.8 Å². The molecule has 0 saturated heterocycles. The minimum Gasteiger partial charge on any atom is -0.497 e. The van der Waals surface area contributed by atoms with Gasteiger partial charge in [-0.05, 0) is 24.3 Å². The standard InChI is InChI=1S/C13H14O8/c1-19-8-5-3-7(4-6-8)13(18)21-10(12(16)17)9(20-2)11(14)15/h3-6,9-10H,1-2H3,(H,14,15)(H,16,17)/t9-,10-/m1/s1. The van der Waals surface area contributed by atoms with Crippen molar-refractivity contribution in [2.24, 2.45) is 0 Å². The lowest BCUT2D eigenvalue weighted by Crippen LogP contribution is -2.44. The van der Waals surface area contributed by atoms with Crippen molar-refractivity contribution >= 4 is 17.9 Å². The molecule has 0 aliphatic rings. The number of benzene rings is 1. The number of rotatable bonds is 7. The number of esters is 1. The number of ether oxygens (including phenoxy) is 3. The van der Waals surface area contributed by atoms with E-state index in [-0.39, 0.29) is 5.56 Å². The van der Waals surface area contributed by atoms with Crippen molar-refractivity contribution in [3.05, 3.63) is 29.8 Å². The van der Waals surface area contributed by atoms with Crippen molar-refractivity contribution in [3.8, 4) is 5.75 Å². The summed E-state index contributed by atoms with van der Waals surface area (Å²) < 4.78 is 14.1. The normalized spacial score (nSPS) is 13.0. The zero-order valence-electron chi connectivity index (χ0n) is 11.3. The summed E-state index contributed by atoms with van der Waals surface area (Å²) in [5, 5.41) is 17.8. The van der Waals surface area contributed by atoms with Gasteiger partial charge in [-0.3, -0.25) is 0 Å². The number of carbonyl (C=O) groups is 3. The third-order valence-electron chi connectivity index (χ3n) is 2.58. The summed E-state index contributed by atoms with van der Waals surface area (Å²) in [4.78, 5) is 33.7. The molecule has 8 nitrogen and oxygen atoms in total. The number of carboxylic acid groups (broad SMARTS) is 2. The van der Waals surface area contributed by atoms with Crippen LogP contribution < -0.4 is 4.74 Å². The molecular weight excluding hydrogens is 284 g/mol. The minimum absolute atomic E-state index is 0.0577. The van der Waals surface area contributed by atoms with E-state index in [1.54, 1.807) is 0 Å². The Balaban J connectivity index is 2.90. The summed E-state index contributed by atoms with van der Waals surface area (Å²) in [6, 6.07) is 5.69. The van der Waals surface area contributed by atoms with E-state index in [9.17, 15) is 14.4 Å². The SMILES string of the molecule is COc1ccc(C(=O)O[C@@H](C(=O)O)[C@@H](OC)C(=O)O)cc1. The van der Waals surface area contributed by atoms with E-state index in [1.807, 2.05) is 0 Å². The van der Waals surface area contributed by atoms with Crippen LogP contribution in [0.15, 0.2) is 24.3 Å². The smallest absolute Gasteiger partial charge is 0.348 e. The highest BCUT2D eigenvalue weighted by atomic mass is 16.6. The summed E-state index contributed by atoms with van der Waals surface area (Å²) in [5.74, 6) is -3.64. The van der Waals surface area contributed by atoms with E-state index >= 15 is 0 Å². The van der Waals surface area contributed by atoms with E-state index in [0.29, 0.717) is 5.75 Å². The van der Waals surface area contributed by atoms with Gasteiger partial charge < -0.3 is 24.4 Å². The van der Waals surface area contributed by atoms with E-state index in [1.165, 1.54) is 31.4 Å². The van der Waals surface area contributed by atoms with Gasteiger partial charge in [0, 0.05) is 7.11 Å². The predicted octanol–water partition coefficient (Wildman–Crippen LogP) is 0.405. The van der Waals surface area contributed by atoms with Crippen LogP contribution in [0.3, 0.4) is 0 Å². The second kappa shape index (κ2) is 7.25. The average molecular weight is 298 g/mol. The van der Waals surface area contributed by atoms with Gasteiger partial charge in [-0.2, -0.15) is 0 Å². The second-order valence-corrected chi connectivity index (χ2v) is 3.89. The van der Waals surface area contributed by atoms with Gasteiger partial charge in [0.15, 0.2) is 0 Å². The Morgan fingerprint density at radius 1 is 0.952 bits per heavy atom. The Bertz CT molecular complexity index is 521. The van der Waals surface area contributed by atoms with Crippen LogP contribution >= 0.6 is 0 Å². The molecule has 1 aromatic rings. The van der Waals surface area contributed by atoms with Crippen LogP contribution in [0.2, 0.25) is 0 Å². The fraction of sp³-hybridized carbons (Fsp3) is 0.308. The second-order valence-electron chi connectivity index (χ2n) is 3.89. The zero-order valence-corrected chi connectivity index (χ0v) is 11.3. The molecular formula is C13H14O8. The molecule has 0 aliphatic heterocycles. The van der Waals surface area contributed by atoms with E-state index in [2.05, 4.69) is 4.74 Å². The Hall–Kier alpha value is -2.61. The van der Waals surface area contributed by atoms with Gasteiger partial charge in [0.05, 0.1) is 12.7 Å². The molecule has 0 aliphatic carbocycles. The first-order chi connectivity index (χ1) is 9.90. The van der Waals surface area contributed by atoms with Crippen LogP contribution in [0.25, 0.3) is 0 Å². The first-order valence-electron chi connectivity index (χ1n) is 5.74. The van der Waals surface area contributed by atoms with Crippen LogP contribution in [-0.2, 0) is 19.1 Å². The number of methoxy groups -OCH3 is 2. The lowest BCUT2D eigenvalue weighted by molar-refractivity contribution is -0.168. The molecule has 0 radical (unpaired) electrons. The summed E-state index contributed by atoms with van der Waals surface area (Å²) in [6.45, 7) is 0. The molecule has 0 saturated carbocycles. The Morgan fingerprint density at radius 3 is 1.86 bits per heavy atom. The quantitative estimate of drug-likeness (QED) is 0.694. The van der Waals surface area contributed by atoms with Crippen molar-refractivity contribution in [1.29, 1.82) is 0 Å². The van der Waals surface area contributed by atoms with Gasteiger partial charge >= 0.3 is 17.9 Å². The average Bonchev–Trinajstić information content (AvgIpc) is 2.46. The topological polar surface area (TPSA) is 119 Å². The van der Waals surface area contributed by atoms with Crippen molar-refractivity contribution in [3.63, 3.8) is 0 Å². The summed E-state index contributed by atoms with van der Waals surface area (Å²) >= 11 is 0. The maximum atomic E-state index is 11.8. The fourth-order valence-corrected chi connectivity index (χ4v) is 1.51. The first kappa shape index (κ1) is 16.4. The molecule has 1 aromatic carbocycles. The lowest BCUT2D eigenvalue weighted by atomic mass is 10.2.